The topological polar surface area (TPSA) is 104 Å². The van der Waals surface area contributed by atoms with Gasteiger partial charge in [-0.05, 0) is 67.6 Å². The first kappa shape index (κ1) is 23.4. The first-order valence-corrected chi connectivity index (χ1v) is 12.2. The first-order chi connectivity index (χ1) is 15.2. The van der Waals surface area contributed by atoms with Crippen molar-refractivity contribution in [2.75, 3.05) is 21.1 Å². The lowest BCUT2D eigenvalue weighted by Crippen LogP contribution is -2.14. The Balaban J connectivity index is 1.51. The van der Waals surface area contributed by atoms with E-state index in [0.29, 0.717) is 17.1 Å². The Labute approximate surface area is 191 Å². The van der Waals surface area contributed by atoms with Crippen LogP contribution in [-0.2, 0) is 19.6 Å². The Kier molecular flexibility index (Phi) is 7.55. The van der Waals surface area contributed by atoms with E-state index < -0.39 is 10.0 Å². The van der Waals surface area contributed by atoms with Crippen LogP contribution in [0.5, 0.6) is 0 Å². The zero-order valence-electron chi connectivity index (χ0n) is 17.6. The van der Waals surface area contributed by atoms with Gasteiger partial charge in [-0.2, -0.15) is 0 Å². The molecule has 0 fully saturated rings. The summed E-state index contributed by atoms with van der Waals surface area (Å²) in [4.78, 5) is 24.3. The van der Waals surface area contributed by atoms with Gasteiger partial charge >= 0.3 is 0 Å². The van der Waals surface area contributed by atoms with Crippen molar-refractivity contribution in [2.45, 2.75) is 23.6 Å². The third-order valence-corrected chi connectivity index (χ3v) is 6.71. The predicted molar refractivity (Wildman–Crippen MR) is 129 cm³/mol. The Hall–Kier alpha value is -3.30. The van der Waals surface area contributed by atoms with Gasteiger partial charge in [0.1, 0.15) is 0 Å². The molecule has 0 spiro atoms. The van der Waals surface area contributed by atoms with E-state index in [1.54, 1.807) is 72.8 Å². The second kappa shape index (κ2) is 10.3. The van der Waals surface area contributed by atoms with Crippen molar-refractivity contribution in [2.24, 2.45) is 0 Å². The lowest BCUT2D eigenvalue weighted by Gasteiger charge is -2.09. The highest BCUT2D eigenvalue weighted by Crippen LogP contribution is 2.23. The summed E-state index contributed by atoms with van der Waals surface area (Å²) in [5, 5.41) is 5.46. The summed E-state index contributed by atoms with van der Waals surface area (Å²) in [6.45, 7) is 3.32. The van der Waals surface area contributed by atoms with Gasteiger partial charge in [-0.25, -0.2) is 8.42 Å². The minimum Gasteiger partial charge on any atom is -0.326 e. The molecule has 0 aliphatic heterocycles. The highest BCUT2D eigenvalue weighted by molar-refractivity contribution is 8.00. The van der Waals surface area contributed by atoms with Crippen molar-refractivity contribution in [1.82, 2.24) is 0 Å². The van der Waals surface area contributed by atoms with Crippen molar-refractivity contribution in [3.05, 3.63) is 78.4 Å². The van der Waals surface area contributed by atoms with E-state index in [1.807, 2.05) is 6.92 Å². The Morgan fingerprint density at radius 1 is 0.781 bits per heavy atom. The second-order valence-electron chi connectivity index (χ2n) is 7.04. The Morgan fingerprint density at radius 3 is 1.88 bits per heavy atom. The van der Waals surface area contributed by atoms with E-state index >= 15 is 0 Å². The molecule has 166 valence electrons. The highest BCUT2D eigenvalue weighted by Gasteiger charge is 2.14. The zero-order valence-corrected chi connectivity index (χ0v) is 19.2. The van der Waals surface area contributed by atoms with Crippen LogP contribution in [0.3, 0.4) is 0 Å². The maximum Gasteiger partial charge on any atom is 0.261 e. The molecule has 0 aliphatic carbocycles. The maximum absolute atomic E-state index is 12.5. The van der Waals surface area contributed by atoms with Gasteiger partial charge in [-0.1, -0.05) is 17.7 Å². The molecule has 0 atom stereocenters. The van der Waals surface area contributed by atoms with Crippen molar-refractivity contribution in [3.8, 4) is 0 Å². The summed E-state index contributed by atoms with van der Waals surface area (Å²) >= 11 is 1.34. The lowest BCUT2D eigenvalue weighted by molar-refractivity contribution is -0.114. The van der Waals surface area contributed by atoms with Crippen molar-refractivity contribution < 1.29 is 18.0 Å². The van der Waals surface area contributed by atoms with E-state index in [2.05, 4.69) is 15.4 Å². The number of aryl methyl sites for hydroxylation is 1. The number of hydrogen-bond acceptors (Lipinski definition) is 5. The van der Waals surface area contributed by atoms with Gasteiger partial charge in [0.2, 0.25) is 11.8 Å². The molecule has 0 aliphatic rings. The third-order valence-electron chi connectivity index (χ3n) is 4.30. The summed E-state index contributed by atoms with van der Waals surface area (Å²) in [6.07, 6.45) is 0. The number of rotatable bonds is 8. The van der Waals surface area contributed by atoms with Crippen LogP contribution in [0.4, 0.5) is 17.1 Å². The zero-order chi connectivity index (χ0) is 23.1. The summed E-state index contributed by atoms with van der Waals surface area (Å²) in [5.74, 6) is -0.138. The fourth-order valence-corrected chi connectivity index (χ4v) is 4.49. The van der Waals surface area contributed by atoms with Gasteiger partial charge in [0.15, 0.2) is 0 Å². The van der Waals surface area contributed by atoms with Crippen molar-refractivity contribution >= 4 is 50.7 Å². The quantitative estimate of drug-likeness (QED) is 0.422. The molecule has 0 radical (unpaired) electrons. The van der Waals surface area contributed by atoms with Crippen LogP contribution >= 0.6 is 11.8 Å². The number of benzene rings is 3. The highest BCUT2D eigenvalue weighted by atomic mass is 32.2. The number of sulfonamides is 1. The molecule has 0 saturated carbocycles. The number of anilines is 3. The molecule has 9 heteroatoms. The van der Waals surface area contributed by atoms with Crippen molar-refractivity contribution in [3.63, 3.8) is 0 Å². The SMILES string of the molecule is CC(=O)Nc1ccc(NC(=O)CSc2ccc(NS(=O)(=O)c3ccc(C)cc3)cc2)cc1. The maximum atomic E-state index is 12.5. The molecule has 0 saturated heterocycles. The molecule has 32 heavy (non-hydrogen) atoms. The number of hydrogen-bond donors (Lipinski definition) is 3. The van der Waals surface area contributed by atoms with E-state index in [9.17, 15) is 18.0 Å². The summed E-state index contributed by atoms with van der Waals surface area (Å²) in [6, 6.07) is 20.3. The number of amides is 2. The van der Waals surface area contributed by atoms with Gasteiger partial charge in [0.05, 0.1) is 10.6 Å². The van der Waals surface area contributed by atoms with Crippen LogP contribution in [0.15, 0.2) is 82.6 Å². The number of thioether (sulfide) groups is 1. The summed E-state index contributed by atoms with van der Waals surface area (Å²) in [7, 11) is -3.66. The normalized spacial score (nSPS) is 10.9. The van der Waals surface area contributed by atoms with E-state index in [4.69, 9.17) is 0 Å². The van der Waals surface area contributed by atoms with Crippen LogP contribution < -0.4 is 15.4 Å². The minimum absolute atomic E-state index is 0.160. The molecule has 3 N–H and O–H groups in total. The Morgan fingerprint density at radius 2 is 1.31 bits per heavy atom. The minimum atomic E-state index is -3.66. The van der Waals surface area contributed by atoms with Crippen LogP contribution in [0.1, 0.15) is 12.5 Å². The number of carbonyl (C=O) groups excluding carboxylic acids is 2. The van der Waals surface area contributed by atoms with Gasteiger partial charge < -0.3 is 10.6 Å². The average Bonchev–Trinajstić information content (AvgIpc) is 2.74. The fraction of sp³-hybridized carbons (Fsp3) is 0.130. The Bertz CT molecular complexity index is 1190. The molecule has 3 aromatic rings. The molecule has 3 aromatic carbocycles. The van der Waals surface area contributed by atoms with Crippen LogP contribution in [-0.4, -0.2) is 26.0 Å². The van der Waals surface area contributed by atoms with E-state index in [1.165, 1.54) is 18.7 Å². The average molecular weight is 470 g/mol. The molecule has 0 aromatic heterocycles. The van der Waals surface area contributed by atoms with Gasteiger partial charge in [0, 0.05) is 28.9 Å². The number of nitrogens with one attached hydrogen (secondary N) is 3. The van der Waals surface area contributed by atoms with E-state index in [0.717, 1.165) is 10.5 Å². The molecular formula is C23H23N3O4S2. The monoisotopic (exact) mass is 469 g/mol. The van der Waals surface area contributed by atoms with Crippen LogP contribution in [0, 0.1) is 6.92 Å². The molecule has 2 amide bonds. The van der Waals surface area contributed by atoms with Crippen LogP contribution in [0.25, 0.3) is 0 Å². The second-order valence-corrected chi connectivity index (χ2v) is 9.77. The molecule has 0 unspecified atom stereocenters. The molecule has 0 bridgehead atoms. The molecule has 0 heterocycles. The smallest absolute Gasteiger partial charge is 0.261 e. The third kappa shape index (κ3) is 6.86. The van der Waals surface area contributed by atoms with Crippen LogP contribution in [0.2, 0.25) is 0 Å². The largest absolute Gasteiger partial charge is 0.326 e. The standard InChI is InChI=1S/C23H23N3O4S2/c1-16-3-13-22(14-4-16)32(29,30)26-20-9-11-21(12-10-20)31-15-23(28)25-19-7-5-18(6-8-19)24-17(2)27/h3-14,26H,15H2,1-2H3,(H,24,27)(H,25,28). The summed E-state index contributed by atoms with van der Waals surface area (Å²) < 4.78 is 27.5. The number of carbonyl (C=O) groups is 2. The van der Waals surface area contributed by atoms with Gasteiger partial charge in [0.25, 0.3) is 10.0 Å². The van der Waals surface area contributed by atoms with Gasteiger partial charge in [-0.3, -0.25) is 14.3 Å². The molecule has 7 nitrogen and oxygen atoms in total. The van der Waals surface area contributed by atoms with Crippen molar-refractivity contribution in [1.29, 1.82) is 0 Å². The molecule has 3 rings (SSSR count). The predicted octanol–water partition coefficient (Wildman–Crippen LogP) is 4.49. The first-order valence-electron chi connectivity index (χ1n) is 9.71. The van der Waals surface area contributed by atoms with E-state index in [-0.39, 0.29) is 22.5 Å². The van der Waals surface area contributed by atoms with Gasteiger partial charge in [-0.15, -0.1) is 11.8 Å². The summed E-state index contributed by atoms with van der Waals surface area (Å²) in [5.41, 5.74) is 2.71. The fourth-order valence-electron chi connectivity index (χ4n) is 2.74. The molecular weight excluding hydrogens is 446 g/mol. The lowest BCUT2D eigenvalue weighted by atomic mass is 10.2.